The number of furan rings is 1. The highest BCUT2D eigenvalue weighted by molar-refractivity contribution is 6.36. The molecule has 2 aromatic heterocycles. The molecule has 1 amide bonds. The highest BCUT2D eigenvalue weighted by Gasteiger charge is 2.23. The van der Waals surface area contributed by atoms with Gasteiger partial charge in [0.2, 0.25) is 11.8 Å². The SMILES string of the molecule is Cc1ccc(C(=O)NC2CCN(Cc3nnc(-c4ccc(Cl)cc4Cl)o3)CC2)o1. The van der Waals surface area contributed by atoms with E-state index < -0.39 is 0 Å². The van der Waals surface area contributed by atoms with Crippen LogP contribution in [0.25, 0.3) is 11.5 Å². The van der Waals surface area contributed by atoms with Crippen molar-refractivity contribution < 1.29 is 13.6 Å². The average Bonchev–Trinajstić information content (AvgIpc) is 3.32. The van der Waals surface area contributed by atoms with Crippen LogP contribution in [0.3, 0.4) is 0 Å². The first-order valence-electron chi connectivity index (χ1n) is 9.35. The molecule has 0 unspecified atom stereocenters. The van der Waals surface area contributed by atoms with E-state index in [9.17, 15) is 4.79 Å². The van der Waals surface area contributed by atoms with Crippen molar-refractivity contribution in [1.82, 2.24) is 20.4 Å². The number of rotatable bonds is 5. The Hall–Kier alpha value is -2.35. The summed E-state index contributed by atoms with van der Waals surface area (Å²) < 4.78 is 11.1. The van der Waals surface area contributed by atoms with Gasteiger partial charge in [-0.25, -0.2) is 0 Å². The molecule has 0 radical (unpaired) electrons. The number of aromatic nitrogens is 2. The molecule has 4 rings (SSSR count). The number of nitrogens with zero attached hydrogens (tertiary/aromatic N) is 3. The molecule has 0 atom stereocenters. The monoisotopic (exact) mass is 434 g/mol. The van der Waals surface area contributed by atoms with Crippen molar-refractivity contribution in [3.63, 3.8) is 0 Å². The fraction of sp³-hybridized carbons (Fsp3) is 0.350. The van der Waals surface area contributed by atoms with Gasteiger partial charge in [-0.2, -0.15) is 0 Å². The summed E-state index contributed by atoms with van der Waals surface area (Å²) in [5.74, 6) is 1.81. The van der Waals surface area contributed by atoms with Gasteiger partial charge in [0, 0.05) is 24.2 Å². The molecule has 3 aromatic rings. The molecule has 0 saturated carbocycles. The first-order valence-corrected chi connectivity index (χ1v) is 10.1. The summed E-state index contributed by atoms with van der Waals surface area (Å²) in [5.41, 5.74) is 0.657. The Morgan fingerprint density at radius 3 is 2.66 bits per heavy atom. The largest absolute Gasteiger partial charge is 0.456 e. The average molecular weight is 435 g/mol. The maximum absolute atomic E-state index is 12.2. The fourth-order valence-electron chi connectivity index (χ4n) is 3.33. The van der Waals surface area contributed by atoms with Gasteiger partial charge in [-0.05, 0) is 50.1 Å². The molecule has 152 valence electrons. The number of aryl methyl sites for hydroxylation is 1. The third-order valence-corrected chi connectivity index (χ3v) is 5.42. The number of carbonyl (C=O) groups excluding carboxylic acids is 1. The maximum Gasteiger partial charge on any atom is 0.287 e. The van der Waals surface area contributed by atoms with Crippen LogP contribution in [-0.2, 0) is 6.54 Å². The first kappa shape index (κ1) is 19.9. The molecule has 1 aliphatic heterocycles. The van der Waals surface area contributed by atoms with Gasteiger partial charge >= 0.3 is 0 Å². The Morgan fingerprint density at radius 1 is 1.17 bits per heavy atom. The molecule has 3 heterocycles. The predicted molar refractivity (Wildman–Crippen MR) is 109 cm³/mol. The number of hydrogen-bond donors (Lipinski definition) is 1. The highest BCUT2D eigenvalue weighted by Crippen LogP contribution is 2.29. The Kier molecular flexibility index (Phi) is 5.89. The van der Waals surface area contributed by atoms with E-state index in [0.29, 0.717) is 39.7 Å². The fourth-order valence-corrected chi connectivity index (χ4v) is 3.82. The second-order valence-electron chi connectivity index (χ2n) is 7.06. The Balaban J connectivity index is 1.30. The summed E-state index contributed by atoms with van der Waals surface area (Å²) >= 11 is 12.1. The quantitative estimate of drug-likeness (QED) is 0.642. The Bertz CT molecular complexity index is 1010. The summed E-state index contributed by atoms with van der Waals surface area (Å²) in [7, 11) is 0. The summed E-state index contributed by atoms with van der Waals surface area (Å²) in [6.45, 7) is 4.01. The van der Waals surface area contributed by atoms with E-state index >= 15 is 0 Å². The van der Waals surface area contributed by atoms with Crippen LogP contribution >= 0.6 is 23.2 Å². The van der Waals surface area contributed by atoms with E-state index in [0.717, 1.165) is 31.7 Å². The molecule has 1 N–H and O–H groups in total. The van der Waals surface area contributed by atoms with Gasteiger partial charge in [-0.15, -0.1) is 10.2 Å². The van der Waals surface area contributed by atoms with E-state index in [4.69, 9.17) is 32.0 Å². The minimum absolute atomic E-state index is 0.121. The van der Waals surface area contributed by atoms with Crippen LogP contribution in [0.15, 0.2) is 39.2 Å². The zero-order valence-corrected chi connectivity index (χ0v) is 17.3. The summed E-state index contributed by atoms with van der Waals surface area (Å²) in [4.78, 5) is 14.4. The van der Waals surface area contributed by atoms with Crippen molar-refractivity contribution >= 4 is 29.1 Å². The Labute approximate surface area is 178 Å². The number of benzene rings is 1. The standard InChI is InChI=1S/C20H20Cl2N4O3/c1-12-2-5-17(28-12)19(27)23-14-6-8-26(9-7-14)11-18-24-25-20(29-18)15-4-3-13(21)10-16(15)22/h2-5,10,14H,6-9,11H2,1H3,(H,23,27). The van der Waals surface area contributed by atoms with Gasteiger partial charge in [-0.1, -0.05) is 23.2 Å². The van der Waals surface area contributed by atoms with Crippen LogP contribution < -0.4 is 5.32 Å². The van der Waals surface area contributed by atoms with E-state index in [1.807, 2.05) is 6.92 Å². The van der Waals surface area contributed by atoms with Gasteiger partial charge in [0.25, 0.3) is 5.91 Å². The minimum Gasteiger partial charge on any atom is -0.456 e. The van der Waals surface area contributed by atoms with Crippen molar-refractivity contribution in [2.45, 2.75) is 32.4 Å². The molecule has 1 saturated heterocycles. The van der Waals surface area contributed by atoms with Gasteiger partial charge in [0.15, 0.2) is 5.76 Å². The lowest BCUT2D eigenvalue weighted by atomic mass is 10.0. The molecule has 1 fully saturated rings. The molecule has 0 bridgehead atoms. The number of hydrogen-bond acceptors (Lipinski definition) is 6. The van der Waals surface area contributed by atoms with Crippen LogP contribution in [0.2, 0.25) is 10.0 Å². The normalized spacial score (nSPS) is 15.6. The smallest absolute Gasteiger partial charge is 0.287 e. The summed E-state index contributed by atoms with van der Waals surface area (Å²) in [6.07, 6.45) is 1.69. The molecule has 7 nitrogen and oxygen atoms in total. The van der Waals surface area contributed by atoms with E-state index in [1.54, 1.807) is 30.3 Å². The number of halogens is 2. The molecular formula is C20H20Cl2N4O3. The molecule has 0 spiro atoms. The zero-order chi connectivity index (χ0) is 20.4. The highest BCUT2D eigenvalue weighted by atomic mass is 35.5. The van der Waals surface area contributed by atoms with Crippen LogP contribution in [0.5, 0.6) is 0 Å². The van der Waals surface area contributed by atoms with E-state index in [1.165, 1.54) is 0 Å². The van der Waals surface area contributed by atoms with Crippen LogP contribution in [0, 0.1) is 6.92 Å². The van der Waals surface area contributed by atoms with E-state index in [-0.39, 0.29) is 11.9 Å². The molecule has 1 aliphatic rings. The van der Waals surface area contributed by atoms with Gasteiger partial charge < -0.3 is 14.2 Å². The molecular weight excluding hydrogens is 415 g/mol. The number of likely N-dealkylation sites (tertiary alicyclic amines) is 1. The number of nitrogens with one attached hydrogen (secondary N) is 1. The lowest BCUT2D eigenvalue weighted by Crippen LogP contribution is -2.44. The summed E-state index contributed by atoms with van der Waals surface area (Å²) in [5, 5.41) is 12.3. The molecule has 0 aliphatic carbocycles. The van der Waals surface area contributed by atoms with Gasteiger partial charge in [0.1, 0.15) is 5.76 Å². The van der Waals surface area contributed by atoms with Crippen molar-refractivity contribution in [3.8, 4) is 11.5 Å². The number of carbonyl (C=O) groups is 1. The zero-order valence-electron chi connectivity index (χ0n) is 15.8. The predicted octanol–water partition coefficient (Wildman–Crippen LogP) is 4.34. The minimum atomic E-state index is -0.169. The lowest BCUT2D eigenvalue weighted by Gasteiger charge is -2.31. The van der Waals surface area contributed by atoms with Crippen LogP contribution in [0.4, 0.5) is 0 Å². The van der Waals surface area contributed by atoms with Crippen LogP contribution in [-0.4, -0.2) is 40.1 Å². The van der Waals surface area contributed by atoms with E-state index in [2.05, 4.69) is 20.4 Å². The molecule has 9 heteroatoms. The lowest BCUT2D eigenvalue weighted by molar-refractivity contribution is 0.0876. The molecule has 29 heavy (non-hydrogen) atoms. The number of piperidine rings is 1. The summed E-state index contributed by atoms with van der Waals surface area (Å²) in [6, 6.07) is 8.74. The third kappa shape index (κ3) is 4.80. The topological polar surface area (TPSA) is 84.4 Å². The second-order valence-corrected chi connectivity index (χ2v) is 7.90. The van der Waals surface area contributed by atoms with Crippen LogP contribution in [0.1, 0.15) is 35.0 Å². The van der Waals surface area contributed by atoms with Gasteiger partial charge in [0.05, 0.1) is 17.1 Å². The first-order chi connectivity index (χ1) is 14.0. The third-order valence-electron chi connectivity index (χ3n) is 4.87. The number of amides is 1. The second kappa shape index (κ2) is 8.57. The van der Waals surface area contributed by atoms with Crippen molar-refractivity contribution in [1.29, 1.82) is 0 Å². The Morgan fingerprint density at radius 2 is 1.97 bits per heavy atom. The van der Waals surface area contributed by atoms with Crippen molar-refractivity contribution in [2.24, 2.45) is 0 Å². The van der Waals surface area contributed by atoms with Crippen molar-refractivity contribution in [2.75, 3.05) is 13.1 Å². The maximum atomic E-state index is 12.2. The molecule has 1 aromatic carbocycles. The van der Waals surface area contributed by atoms with Crippen molar-refractivity contribution in [3.05, 3.63) is 57.8 Å². The van der Waals surface area contributed by atoms with Gasteiger partial charge in [-0.3, -0.25) is 9.69 Å².